The molecule has 2 fully saturated rings. The Hall–Kier alpha value is -1.92. The number of carbonyl (C=O) groups is 2. The van der Waals surface area contributed by atoms with E-state index in [-0.39, 0.29) is 17.9 Å². The zero-order valence-corrected chi connectivity index (χ0v) is 15.9. The average Bonchev–Trinajstić information content (AvgIpc) is 2.69. The quantitative estimate of drug-likeness (QED) is 0.709. The van der Waals surface area contributed by atoms with Gasteiger partial charge in [-0.25, -0.2) is 0 Å². The van der Waals surface area contributed by atoms with Crippen LogP contribution in [-0.2, 0) is 4.79 Å². The minimum absolute atomic E-state index is 0.107. The average molecular weight is 373 g/mol. The molecule has 3 N–H and O–H groups in total. The van der Waals surface area contributed by atoms with E-state index in [2.05, 4.69) is 15.5 Å². The number of carbonyl (C=O) groups excluding carboxylic acids is 2. The normalized spacial score (nSPS) is 24.3. The van der Waals surface area contributed by atoms with Crippen LogP contribution in [0.5, 0.6) is 0 Å². The fourth-order valence-electron chi connectivity index (χ4n) is 4.02. The number of piperidine rings is 1. The van der Waals surface area contributed by atoms with Crippen molar-refractivity contribution in [3.8, 4) is 0 Å². The lowest BCUT2D eigenvalue weighted by Gasteiger charge is -2.36. The summed E-state index contributed by atoms with van der Waals surface area (Å²) >= 11 is 0. The summed E-state index contributed by atoms with van der Waals surface area (Å²) in [5.74, 6) is -0.0455. The highest BCUT2D eigenvalue weighted by molar-refractivity contribution is 5.94. The lowest BCUT2D eigenvalue weighted by molar-refractivity contribution is -0.122. The van der Waals surface area contributed by atoms with Crippen molar-refractivity contribution in [3.05, 3.63) is 35.9 Å². The molecule has 0 unspecified atom stereocenters. The van der Waals surface area contributed by atoms with Gasteiger partial charge in [0.25, 0.3) is 5.91 Å². The SMILES string of the molecule is O=C(CCN1CC[C@H](NC(=O)c2ccccc2)[C@@H](O)C1)NC1CCCCC1. The second-order valence-electron chi connectivity index (χ2n) is 7.76. The molecule has 2 amide bonds. The van der Waals surface area contributed by atoms with Gasteiger partial charge in [0.05, 0.1) is 12.1 Å². The van der Waals surface area contributed by atoms with Gasteiger partial charge in [0.2, 0.25) is 5.91 Å². The predicted octanol–water partition coefficient (Wildman–Crippen LogP) is 1.69. The molecule has 1 saturated heterocycles. The Morgan fingerprint density at radius 2 is 1.78 bits per heavy atom. The molecule has 0 bridgehead atoms. The number of hydrogen-bond acceptors (Lipinski definition) is 4. The van der Waals surface area contributed by atoms with Crippen LogP contribution in [0.3, 0.4) is 0 Å². The van der Waals surface area contributed by atoms with Crippen LogP contribution in [0.1, 0.15) is 55.3 Å². The summed E-state index contributed by atoms with van der Waals surface area (Å²) in [6.45, 7) is 1.90. The Labute approximate surface area is 161 Å². The first-order valence-electron chi connectivity index (χ1n) is 10.2. The van der Waals surface area contributed by atoms with Crippen molar-refractivity contribution in [2.45, 2.75) is 63.1 Å². The first-order chi connectivity index (χ1) is 13.1. The Kier molecular flexibility index (Phi) is 7.24. The molecule has 3 rings (SSSR count). The molecule has 1 aromatic carbocycles. The number of benzene rings is 1. The number of nitrogens with one attached hydrogen (secondary N) is 2. The number of likely N-dealkylation sites (tertiary alicyclic amines) is 1. The number of β-amino-alcohol motifs (C(OH)–C–C–N with tert-alkyl or cyclic N) is 1. The summed E-state index contributed by atoms with van der Waals surface area (Å²) in [6.07, 6.45) is 6.41. The third-order valence-corrected chi connectivity index (χ3v) is 5.64. The van der Waals surface area contributed by atoms with Gasteiger partial charge in [-0.05, 0) is 31.4 Å². The summed E-state index contributed by atoms with van der Waals surface area (Å²) in [5.41, 5.74) is 0.603. The van der Waals surface area contributed by atoms with Crippen LogP contribution in [-0.4, -0.2) is 59.6 Å². The van der Waals surface area contributed by atoms with Crippen LogP contribution in [0.4, 0.5) is 0 Å². The molecule has 1 aliphatic heterocycles. The summed E-state index contributed by atoms with van der Waals surface area (Å²) in [5, 5.41) is 16.5. The van der Waals surface area contributed by atoms with Crippen molar-refractivity contribution < 1.29 is 14.7 Å². The number of aliphatic hydroxyl groups excluding tert-OH is 1. The molecular weight excluding hydrogens is 342 g/mol. The van der Waals surface area contributed by atoms with E-state index in [1.165, 1.54) is 19.3 Å². The summed E-state index contributed by atoms with van der Waals surface area (Å²) in [7, 11) is 0. The molecule has 0 aromatic heterocycles. The van der Waals surface area contributed by atoms with E-state index in [0.29, 0.717) is 37.5 Å². The number of amides is 2. The lowest BCUT2D eigenvalue weighted by atomic mass is 9.95. The van der Waals surface area contributed by atoms with E-state index in [9.17, 15) is 14.7 Å². The van der Waals surface area contributed by atoms with E-state index in [1.54, 1.807) is 12.1 Å². The van der Waals surface area contributed by atoms with Gasteiger partial charge in [-0.1, -0.05) is 37.5 Å². The van der Waals surface area contributed by atoms with E-state index < -0.39 is 6.10 Å². The Balaban J connectivity index is 1.38. The molecule has 0 spiro atoms. The van der Waals surface area contributed by atoms with Gasteiger partial charge in [-0.15, -0.1) is 0 Å². The van der Waals surface area contributed by atoms with Crippen LogP contribution in [0.15, 0.2) is 30.3 Å². The van der Waals surface area contributed by atoms with Crippen LogP contribution in [0.25, 0.3) is 0 Å². The van der Waals surface area contributed by atoms with E-state index in [0.717, 1.165) is 19.4 Å². The third-order valence-electron chi connectivity index (χ3n) is 5.64. The van der Waals surface area contributed by atoms with Gasteiger partial charge in [-0.2, -0.15) is 0 Å². The maximum atomic E-state index is 12.3. The minimum Gasteiger partial charge on any atom is -0.390 e. The van der Waals surface area contributed by atoms with Gasteiger partial charge >= 0.3 is 0 Å². The van der Waals surface area contributed by atoms with Crippen molar-refractivity contribution in [1.29, 1.82) is 0 Å². The highest BCUT2D eigenvalue weighted by Gasteiger charge is 2.29. The molecule has 1 saturated carbocycles. The van der Waals surface area contributed by atoms with Gasteiger partial charge in [0.1, 0.15) is 0 Å². The van der Waals surface area contributed by atoms with Crippen molar-refractivity contribution in [2.75, 3.05) is 19.6 Å². The standard InChI is InChI=1S/C21H31N3O3/c25-19-15-24(14-12-20(26)22-17-9-5-2-6-10-17)13-11-18(19)23-21(27)16-7-3-1-4-8-16/h1,3-4,7-8,17-19,25H,2,5-6,9-15H2,(H,22,26)(H,23,27)/t18-,19-/m0/s1. The smallest absolute Gasteiger partial charge is 0.251 e. The van der Waals surface area contributed by atoms with Gasteiger partial charge in [-0.3, -0.25) is 9.59 Å². The van der Waals surface area contributed by atoms with Gasteiger partial charge in [0, 0.05) is 37.7 Å². The third kappa shape index (κ3) is 6.04. The Bertz CT molecular complexity index is 616. The lowest BCUT2D eigenvalue weighted by Crippen LogP contribution is -2.54. The number of aliphatic hydroxyl groups is 1. The number of rotatable bonds is 6. The summed E-state index contributed by atoms with van der Waals surface area (Å²) in [4.78, 5) is 26.5. The monoisotopic (exact) mass is 373 g/mol. The van der Waals surface area contributed by atoms with Crippen molar-refractivity contribution in [1.82, 2.24) is 15.5 Å². The van der Waals surface area contributed by atoms with E-state index in [4.69, 9.17) is 0 Å². The molecule has 6 heteroatoms. The molecule has 1 heterocycles. The summed E-state index contributed by atoms with van der Waals surface area (Å²) in [6, 6.07) is 9.15. The number of hydrogen-bond donors (Lipinski definition) is 3. The van der Waals surface area contributed by atoms with Crippen LogP contribution in [0.2, 0.25) is 0 Å². The van der Waals surface area contributed by atoms with Crippen LogP contribution in [0, 0.1) is 0 Å². The number of nitrogens with zero attached hydrogens (tertiary/aromatic N) is 1. The predicted molar refractivity (Wildman–Crippen MR) is 104 cm³/mol. The molecule has 2 aliphatic rings. The molecule has 6 nitrogen and oxygen atoms in total. The molecular formula is C21H31N3O3. The van der Waals surface area contributed by atoms with Crippen molar-refractivity contribution in [2.24, 2.45) is 0 Å². The maximum absolute atomic E-state index is 12.3. The fourth-order valence-corrected chi connectivity index (χ4v) is 4.02. The van der Waals surface area contributed by atoms with Crippen LogP contribution < -0.4 is 10.6 Å². The van der Waals surface area contributed by atoms with Crippen molar-refractivity contribution >= 4 is 11.8 Å². The van der Waals surface area contributed by atoms with Gasteiger partial charge < -0.3 is 20.6 Å². The highest BCUT2D eigenvalue weighted by atomic mass is 16.3. The molecule has 148 valence electrons. The van der Waals surface area contributed by atoms with E-state index in [1.807, 2.05) is 18.2 Å². The Morgan fingerprint density at radius 1 is 1.04 bits per heavy atom. The van der Waals surface area contributed by atoms with Gasteiger partial charge in [0.15, 0.2) is 0 Å². The minimum atomic E-state index is -0.618. The molecule has 2 atom stereocenters. The maximum Gasteiger partial charge on any atom is 0.251 e. The topological polar surface area (TPSA) is 81.7 Å². The fraction of sp³-hybridized carbons (Fsp3) is 0.619. The molecule has 27 heavy (non-hydrogen) atoms. The van der Waals surface area contributed by atoms with Crippen molar-refractivity contribution in [3.63, 3.8) is 0 Å². The zero-order chi connectivity index (χ0) is 19.1. The highest BCUT2D eigenvalue weighted by Crippen LogP contribution is 2.17. The first-order valence-corrected chi connectivity index (χ1v) is 10.2. The van der Waals surface area contributed by atoms with Crippen LogP contribution >= 0.6 is 0 Å². The first kappa shape index (κ1) is 19.8. The molecule has 1 aromatic rings. The zero-order valence-electron chi connectivity index (χ0n) is 15.9. The molecule has 1 aliphatic carbocycles. The summed E-state index contributed by atoms with van der Waals surface area (Å²) < 4.78 is 0. The second kappa shape index (κ2) is 9.85. The largest absolute Gasteiger partial charge is 0.390 e. The second-order valence-corrected chi connectivity index (χ2v) is 7.76. The molecule has 0 radical (unpaired) electrons. The Morgan fingerprint density at radius 3 is 2.48 bits per heavy atom. The van der Waals surface area contributed by atoms with E-state index >= 15 is 0 Å².